The summed E-state index contributed by atoms with van der Waals surface area (Å²) in [6.07, 6.45) is 10.1. The largest absolute Gasteiger partial charge is 0.351 e. The van der Waals surface area contributed by atoms with Crippen LogP contribution in [0.15, 0.2) is 60.0 Å². The molecule has 0 bridgehead atoms. The summed E-state index contributed by atoms with van der Waals surface area (Å²) < 4.78 is 4.07. The number of carbonyl (C=O) groups excluding carboxylic acids is 1. The van der Waals surface area contributed by atoms with Crippen LogP contribution in [0.2, 0.25) is 0 Å². The fourth-order valence-corrected chi connectivity index (χ4v) is 4.41. The number of carbonyl (C=O) groups is 1. The number of hydrogen-bond acceptors (Lipinski definition) is 4. The average molecular weight is 396 g/mol. The molecule has 0 radical (unpaired) electrons. The van der Waals surface area contributed by atoms with Crippen LogP contribution in [0.4, 0.5) is 0 Å². The molecule has 6 nitrogen and oxygen atoms in total. The molecular weight excluding hydrogens is 370 g/mol. The summed E-state index contributed by atoms with van der Waals surface area (Å²) in [4.78, 5) is 12.3. The van der Waals surface area contributed by atoms with Gasteiger partial charge >= 0.3 is 0 Å². The van der Waals surface area contributed by atoms with Crippen molar-refractivity contribution in [1.29, 1.82) is 0 Å². The van der Waals surface area contributed by atoms with Crippen molar-refractivity contribution in [2.45, 2.75) is 49.7 Å². The number of thioether (sulfide) groups is 1. The average Bonchev–Trinajstić information content (AvgIpc) is 3.41. The second-order valence-corrected chi connectivity index (χ2v) is 8.04. The first kappa shape index (κ1) is 18.8. The van der Waals surface area contributed by atoms with Crippen molar-refractivity contribution in [3.05, 3.63) is 66.2 Å². The standard InChI is InChI=1S/C21H25N5OS/c27-19(22-15-17-9-3-1-4-10-17)16-28-21-24-23-20(18-11-5-2-6-12-18)26(21)25-13-7-8-14-25/h1,3-4,7-10,13-14,18H,2,5-6,11-12,15-16H2,(H,22,27). The molecule has 3 aromatic rings. The molecular formula is C21H25N5OS. The van der Waals surface area contributed by atoms with Gasteiger partial charge in [0.1, 0.15) is 0 Å². The minimum Gasteiger partial charge on any atom is -0.351 e. The molecule has 1 amide bonds. The molecule has 1 aliphatic carbocycles. The molecule has 0 spiro atoms. The van der Waals surface area contributed by atoms with Crippen LogP contribution in [-0.4, -0.2) is 31.2 Å². The van der Waals surface area contributed by atoms with Gasteiger partial charge in [0, 0.05) is 24.9 Å². The maximum absolute atomic E-state index is 12.3. The zero-order chi connectivity index (χ0) is 19.2. The highest BCUT2D eigenvalue weighted by Crippen LogP contribution is 2.33. The molecule has 1 aromatic carbocycles. The van der Waals surface area contributed by atoms with E-state index in [0.717, 1.165) is 29.4 Å². The van der Waals surface area contributed by atoms with Crippen LogP contribution >= 0.6 is 11.8 Å². The van der Waals surface area contributed by atoms with Gasteiger partial charge in [-0.25, -0.2) is 4.68 Å². The lowest BCUT2D eigenvalue weighted by Gasteiger charge is -2.22. The lowest BCUT2D eigenvalue weighted by molar-refractivity contribution is -0.118. The number of amides is 1. The van der Waals surface area contributed by atoms with Crippen LogP contribution in [0.3, 0.4) is 0 Å². The molecule has 0 unspecified atom stereocenters. The highest BCUT2D eigenvalue weighted by molar-refractivity contribution is 7.99. The first-order valence-corrected chi connectivity index (χ1v) is 10.8. The van der Waals surface area contributed by atoms with Gasteiger partial charge < -0.3 is 5.32 Å². The highest BCUT2D eigenvalue weighted by Gasteiger charge is 2.24. The molecule has 2 heterocycles. The smallest absolute Gasteiger partial charge is 0.230 e. The Morgan fingerprint density at radius 1 is 1.04 bits per heavy atom. The van der Waals surface area contributed by atoms with E-state index in [2.05, 4.69) is 20.2 Å². The molecule has 0 aliphatic heterocycles. The Morgan fingerprint density at radius 2 is 1.79 bits per heavy atom. The summed E-state index contributed by atoms with van der Waals surface area (Å²) in [5.41, 5.74) is 1.09. The van der Waals surface area contributed by atoms with E-state index in [1.807, 2.05) is 59.5 Å². The van der Waals surface area contributed by atoms with Gasteiger partial charge in [0.2, 0.25) is 11.1 Å². The molecule has 0 atom stereocenters. The molecule has 28 heavy (non-hydrogen) atoms. The number of aromatic nitrogens is 4. The Labute approximate surface area is 169 Å². The summed E-state index contributed by atoms with van der Waals surface area (Å²) in [6.45, 7) is 0.540. The van der Waals surface area contributed by atoms with Crippen molar-refractivity contribution in [3.63, 3.8) is 0 Å². The van der Waals surface area contributed by atoms with Crippen molar-refractivity contribution in [3.8, 4) is 0 Å². The Kier molecular flexibility index (Phi) is 6.11. The van der Waals surface area contributed by atoms with Gasteiger partial charge in [-0.15, -0.1) is 10.2 Å². The number of nitrogens with zero attached hydrogens (tertiary/aromatic N) is 4. The van der Waals surface area contributed by atoms with E-state index in [0.29, 0.717) is 18.2 Å². The van der Waals surface area contributed by atoms with Gasteiger partial charge in [-0.2, -0.15) is 0 Å². The lowest BCUT2D eigenvalue weighted by Crippen LogP contribution is -2.25. The van der Waals surface area contributed by atoms with E-state index in [1.54, 1.807) is 0 Å². The second kappa shape index (κ2) is 9.10. The Morgan fingerprint density at radius 3 is 2.54 bits per heavy atom. The number of rotatable bonds is 7. The zero-order valence-corrected chi connectivity index (χ0v) is 16.6. The number of hydrogen-bond donors (Lipinski definition) is 1. The van der Waals surface area contributed by atoms with E-state index < -0.39 is 0 Å². The Hall–Kier alpha value is -2.54. The third-order valence-electron chi connectivity index (χ3n) is 5.09. The Bertz CT molecular complexity index is 885. The molecule has 1 N–H and O–H groups in total. The summed E-state index contributed by atoms with van der Waals surface area (Å²) >= 11 is 1.43. The second-order valence-electron chi connectivity index (χ2n) is 7.10. The third-order valence-corrected chi connectivity index (χ3v) is 6.01. The predicted octanol–water partition coefficient (Wildman–Crippen LogP) is 3.85. The molecule has 0 saturated heterocycles. The molecule has 2 aromatic heterocycles. The van der Waals surface area contributed by atoms with Crippen LogP contribution in [0.25, 0.3) is 0 Å². The molecule has 1 fully saturated rings. The maximum Gasteiger partial charge on any atom is 0.230 e. The molecule has 4 rings (SSSR count). The van der Waals surface area contributed by atoms with Gasteiger partial charge in [-0.1, -0.05) is 61.4 Å². The SMILES string of the molecule is O=C(CSc1nnc(C2CCCCC2)n1-n1cccc1)NCc1ccccc1. The van der Waals surface area contributed by atoms with E-state index >= 15 is 0 Å². The molecule has 7 heteroatoms. The minimum atomic E-state index is -0.00451. The van der Waals surface area contributed by atoms with E-state index in [-0.39, 0.29) is 5.91 Å². The van der Waals surface area contributed by atoms with Gasteiger partial charge in [0.25, 0.3) is 0 Å². The van der Waals surface area contributed by atoms with E-state index in [4.69, 9.17) is 0 Å². The monoisotopic (exact) mass is 395 g/mol. The predicted molar refractivity (Wildman–Crippen MR) is 110 cm³/mol. The molecule has 1 saturated carbocycles. The summed E-state index contributed by atoms with van der Waals surface area (Å²) in [5, 5.41) is 12.6. The first-order valence-electron chi connectivity index (χ1n) is 9.83. The highest BCUT2D eigenvalue weighted by atomic mass is 32.2. The van der Waals surface area contributed by atoms with Crippen molar-refractivity contribution < 1.29 is 4.79 Å². The van der Waals surface area contributed by atoms with Crippen LogP contribution in [0.5, 0.6) is 0 Å². The van der Waals surface area contributed by atoms with Gasteiger partial charge in [-0.05, 0) is 30.5 Å². The Balaban J connectivity index is 1.44. The fourth-order valence-electron chi connectivity index (χ4n) is 3.64. The van der Waals surface area contributed by atoms with Crippen LogP contribution in [0, 0.1) is 0 Å². The van der Waals surface area contributed by atoms with Crippen molar-refractivity contribution in [1.82, 2.24) is 24.9 Å². The first-order chi connectivity index (χ1) is 13.8. The summed E-state index contributed by atoms with van der Waals surface area (Å²) in [5.74, 6) is 1.75. The fraction of sp³-hybridized carbons (Fsp3) is 0.381. The van der Waals surface area contributed by atoms with Crippen molar-refractivity contribution in [2.24, 2.45) is 0 Å². The third kappa shape index (κ3) is 4.47. The summed E-state index contributed by atoms with van der Waals surface area (Å²) in [6, 6.07) is 13.9. The van der Waals surface area contributed by atoms with Crippen LogP contribution < -0.4 is 5.32 Å². The van der Waals surface area contributed by atoms with Gasteiger partial charge in [-0.3, -0.25) is 9.47 Å². The number of benzene rings is 1. The van der Waals surface area contributed by atoms with Crippen molar-refractivity contribution in [2.75, 3.05) is 5.75 Å². The van der Waals surface area contributed by atoms with Gasteiger partial charge in [0.15, 0.2) is 5.82 Å². The normalized spacial score (nSPS) is 14.9. The topological polar surface area (TPSA) is 64.7 Å². The van der Waals surface area contributed by atoms with Crippen LogP contribution in [-0.2, 0) is 11.3 Å². The minimum absolute atomic E-state index is 0.00451. The van der Waals surface area contributed by atoms with E-state index in [1.165, 1.54) is 31.0 Å². The van der Waals surface area contributed by atoms with Gasteiger partial charge in [0.05, 0.1) is 5.75 Å². The maximum atomic E-state index is 12.3. The van der Waals surface area contributed by atoms with Crippen molar-refractivity contribution >= 4 is 17.7 Å². The van der Waals surface area contributed by atoms with E-state index in [9.17, 15) is 4.79 Å². The molecule has 146 valence electrons. The number of nitrogens with one attached hydrogen (secondary N) is 1. The quantitative estimate of drug-likeness (QED) is 0.617. The van der Waals surface area contributed by atoms with Crippen LogP contribution in [0.1, 0.15) is 49.4 Å². The molecule has 1 aliphatic rings. The summed E-state index contributed by atoms with van der Waals surface area (Å²) in [7, 11) is 0. The zero-order valence-electron chi connectivity index (χ0n) is 15.8. The lowest BCUT2D eigenvalue weighted by atomic mass is 9.89.